The summed E-state index contributed by atoms with van der Waals surface area (Å²) >= 11 is 0. The molecule has 18 heavy (non-hydrogen) atoms. The minimum absolute atomic E-state index is 0.277. The molecule has 1 unspecified atom stereocenters. The molecular formula is C16H27NO. The maximum absolute atomic E-state index is 6.01. The van der Waals surface area contributed by atoms with Crippen LogP contribution in [0.2, 0.25) is 0 Å². The summed E-state index contributed by atoms with van der Waals surface area (Å²) in [5.74, 6) is 1.03. The Morgan fingerprint density at radius 2 is 1.89 bits per heavy atom. The van der Waals surface area contributed by atoms with Crippen molar-refractivity contribution in [2.75, 3.05) is 6.54 Å². The van der Waals surface area contributed by atoms with Crippen molar-refractivity contribution in [3.05, 3.63) is 29.3 Å². The molecule has 0 saturated carbocycles. The molecule has 0 spiro atoms. The van der Waals surface area contributed by atoms with Crippen molar-refractivity contribution in [1.82, 2.24) is 5.32 Å². The number of benzene rings is 1. The second kappa shape index (κ2) is 7.42. The predicted octanol–water partition coefficient (Wildman–Crippen LogP) is 3.85. The first-order valence-corrected chi connectivity index (χ1v) is 6.97. The van der Waals surface area contributed by atoms with Crippen molar-refractivity contribution < 1.29 is 4.74 Å². The van der Waals surface area contributed by atoms with Gasteiger partial charge >= 0.3 is 0 Å². The van der Waals surface area contributed by atoms with Crippen LogP contribution in [0.4, 0.5) is 0 Å². The highest BCUT2D eigenvalue weighted by atomic mass is 16.5. The highest BCUT2D eigenvalue weighted by Gasteiger charge is 2.07. The SMILES string of the molecule is Cc1cccc(OC(C)CCCNC(C)C)c1C. The summed E-state index contributed by atoms with van der Waals surface area (Å²) in [5, 5.41) is 3.43. The molecule has 0 aliphatic heterocycles. The molecule has 0 fully saturated rings. The van der Waals surface area contributed by atoms with Crippen molar-refractivity contribution in [3.63, 3.8) is 0 Å². The number of ether oxygens (including phenoxy) is 1. The van der Waals surface area contributed by atoms with E-state index in [1.165, 1.54) is 11.1 Å². The van der Waals surface area contributed by atoms with Gasteiger partial charge in [-0.05, 0) is 57.4 Å². The van der Waals surface area contributed by atoms with Crippen molar-refractivity contribution in [3.8, 4) is 5.75 Å². The van der Waals surface area contributed by atoms with Crippen LogP contribution in [0.1, 0.15) is 44.7 Å². The molecule has 0 radical (unpaired) electrons. The predicted molar refractivity (Wildman–Crippen MR) is 78.4 cm³/mol. The second-order valence-corrected chi connectivity index (χ2v) is 5.38. The van der Waals surface area contributed by atoms with Crippen molar-refractivity contribution in [1.29, 1.82) is 0 Å². The molecule has 1 N–H and O–H groups in total. The Hall–Kier alpha value is -1.02. The van der Waals surface area contributed by atoms with Gasteiger partial charge in [-0.2, -0.15) is 0 Å². The zero-order chi connectivity index (χ0) is 13.5. The first kappa shape index (κ1) is 15.0. The lowest BCUT2D eigenvalue weighted by molar-refractivity contribution is 0.205. The number of rotatable bonds is 7. The largest absolute Gasteiger partial charge is 0.490 e. The van der Waals surface area contributed by atoms with Crippen LogP contribution in [0.15, 0.2) is 18.2 Å². The highest BCUT2D eigenvalue weighted by molar-refractivity contribution is 5.38. The van der Waals surface area contributed by atoms with Gasteiger partial charge in [-0.3, -0.25) is 0 Å². The Morgan fingerprint density at radius 3 is 2.56 bits per heavy atom. The Balaban J connectivity index is 2.35. The Kier molecular flexibility index (Phi) is 6.20. The molecular weight excluding hydrogens is 222 g/mol. The van der Waals surface area contributed by atoms with E-state index in [1.807, 2.05) is 0 Å². The zero-order valence-electron chi connectivity index (χ0n) is 12.4. The van der Waals surface area contributed by atoms with Crippen LogP contribution in [0, 0.1) is 13.8 Å². The van der Waals surface area contributed by atoms with E-state index >= 15 is 0 Å². The van der Waals surface area contributed by atoms with Gasteiger partial charge in [-0.25, -0.2) is 0 Å². The van der Waals surface area contributed by atoms with Gasteiger partial charge in [0.15, 0.2) is 0 Å². The molecule has 1 rings (SSSR count). The molecule has 1 atom stereocenters. The topological polar surface area (TPSA) is 21.3 Å². The summed E-state index contributed by atoms with van der Waals surface area (Å²) in [6.45, 7) is 11.8. The third kappa shape index (κ3) is 5.09. The summed E-state index contributed by atoms with van der Waals surface area (Å²) in [7, 11) is 0. The van der Waals surface area contributed by atoms with Crippen molar-refractivity contribution in [2.24, 2.45) is 0 Å². The molecule has 2 nitrogen and oxygen atoms in total. The van der Waals surface area contributed by atoms with E-state index in [0.29, 0.717) is 6.04 Å². The van der Waals surface area contributed by atoms with E-state index in [-0.39, 0.29) is 6.10 Å². The van der Waals surface area contributed by atoms with Gasteiger partial charge in [0.25, 0.3) is 0 Å². The van der Waals surface area contributed by atoms with Crippen LogP contribution in [-0.2, 0) is 0 Å². The van der Waals surface area contributed by atoms with Gasteiger partial charge in [0.05, 0.1) is 6.10 Å². The summed E-state index contributed by atoms with van der Waals surface area (Å²) in [5.41, 5.74) is 2.55. The van der Waals surface area contributed by atoms with Crippen LogP contribution in [0.25, 0.3) is 0 Å². The first-order valence-electron chi connectivity index (χ1n) is 6.97. The van der Waals surface area contributed by atoms with E-state index in [2.05, 4.69) is 58.1 Å². The lowest BCUT2D eigenvalue weighted by atomic mass is 10.1. The molecule has 0 bridgehead atoms. The minimum Gasteiger partial charge on any atom is -0.490 e. The fraction of sp³-hybridized carbons (Fsp3) is 0.625. The zero-order valence-corrected chi connectivity index (χ0v) is 12.4. The summed E-state index contributed by atoms with van der Waals surface area (Å²) in [6, 6.07) is 6.82. The van der Waals surface area contributed by atoms with Gasteiger partial charge in [0.1, 0.15) is 5.75 Å². The lowest BCUT2D eigenvalue weighted by Crippen LogP contribution is -2.25. The summed E-state index contributed by atoms with van der Waals surface area (Å²) in [4.78, 5) is 0. The molecule has 0 aliphatic carbocycles. The molecule has 0 aliphatic rings. The van der Waals surface area contributed by atoms with Crippen LogP contribution >= 0.6 is 0 Å². The molecule has 0 aromatic heterocycles. The second-order valence-electron chi connectivity index (χ2n) is 5.38. The maximum Gasteiger partial charge on any atom is 0.122 e. The third-order valence-corrected chi connectivity index (χ3v) is 3.22. The normalized spacial score (nSPS) is 12.8. The van der Waals surface area contributed by atoms with Crippen molar-refractivity contribution >= 4 is 0 Å². The molecule has 1 aromatic rings. The number of hydrogen-bond acceptors (Lipinski definition) is 2. The minimum atomic E-state index is 0.277. The average molecular weight is 249 g/mol. The smallest absolute Gasteiger partial charge is 0.122 e. The van der Waals surface area contributed by atoms with Gasteiger partial charge < -0.3 is 10.1 Å². The van der Waals surface area contributed by atoms with Crippen LogP contribution < -0.4 is 10.1 Å². The fourth-order valence-electron chi connectivity index (χ4n) is 1.91. The average Bonchev–Trinajstić information content (AvgIpc) is 2.30. The quantitative estimate of drug-likeness (QED) is 0.741. The Labute approximate surface area is 112 Å². The Bertz CT molecular complexity index is 360. The molecule has 2 heteroatoms. The van der Waals surface area contributed by atoms with Gasteiger partial charge in [-0.1, -0.05) is 26.0 Å². The van der Waals surface area contributed by atoms with Gasteiger partial charge in [0, 0.05) is 6.04 Å². The summed E-state index contributed by atoms with van der Waals surface area (Å²) < 4.78 is 6.01. The monoisotopic (exact) mass is 249 g/mol. The van der Waals surface area contributed by atoms with Crippen LogP contribution in [0.5, 0.6) is 5.75 Å². The van der Waals surface area contributed by atoms with E-state index in [9.17, 15) is 0 Å². The lowest BCUT2D eigenvalue weighted by Gasteiger charge is -2.17. The number of hydrogen-bond donors (Lipinski definition) is 1. The maximum atomic E-state index is 6.01. The number of nitrogens with one attached hydrogen (secondary N) is 1. The van der Waals surface area contributed by atoms with E-state index in [1.54, 1.807) is 0 Å². The molecule has 0 heterocycles. The fourth-order valence-corrected chi connectivity index (χ4v) is 1.91. The molecule has 0 saturated heterocycles. The van der Waals surface area contributed by atoms with Gasteiger partial charge in [0.2, 0.25) is 0 Å². The highest BCUT2D eigenvalue weighted by Crippen LogP contribution is 2.22. The first-order chi connectivity index (χ1) is 8.50. The van der Waals surface area contributed by atoms with Crippen LogP contribution in [-0.4, -0.2) is 18.7 Å². The standard InChI is InChI=1S/C16H27NO/c1-12(2)17-11-7-9-14(4)18-16-10-6-8-13(3)15(16)5/h6,8,10,12,14,17H,7,9,11H2,1-5H3. The van der Waals surface area contributed by atoms with Crippen molar-refractivity contribution in [2.45, 2.75) is 59.6 Å². The molecule has 1 aromatic carbocycles. The summed E-state index contributed by atoms with van der Waals surface area (Å²) in [6.07, 6.45) is 2.52. The number of aryl methyl sites for hydroxylation is 1. The van der Waals surface area contributed by atoms with E-state index < -0.39 is 0 Å². The Morgan fingerprint density at radius 1 is 1.17 bits per heavy atom. The van der Waals surface area contributed by atoms with E-state index in [0.717, 1.165) is 25.1 Å². The third-order valence-electron chi connectivity index (χ3n) is 3.22. The molecule has 102 valence electrons. The van der Waals surface area contributed by atoms with Gasteiger partial charge in [-0.15, -0.1) is 0 Å². The molecule has 0 amide bonds. The van der Waals surface area contributed by atoms with E-state index in [4.69, 9.17) is 4.74 Å². The van der Waals surface area contributed by atoms with Crippen LogP contribution in [0.3, 0.4) is 0 Å².